The van der Waals surface area contributed by atoms with Crippen LogP contribution in [-0.2, 0) is 32.7 Å². The fourth-order valence-corrected chi connectivity index (χ4v) is 4.75. The number of carbonyl (C=O) groups is 2. The molecular weight excluding hydrogens is 509 g/mol. The Bertz CT molecular complexity index is 620. The number of nitrogens with two attached hydrogens (primary N) is 1. The van der Waals surface area contributed by atoms with E-state index in [1.54, 1.807) is 0 Å². The smallest absolute Gasteiger partial charge is 0.462 e. The Balaban J connectivity index is 4.13. The minimum atomic E-state index is -4.34. The molecule has 0 fully saturated rings. The van der Waals surface area contributed by atoms with Crippen LogP contribution in [0.15, 0.2) is 0 Å². The lowest BCUT2D eigenvalue weighted by Crippen LogP contribution is -2.29. The summed E-state index contributed by atoms with van der Waals surface area (Å²) in [5, 5.41) is 0. The van der Waals surface area contributed by atoms with Gasteiger partial charge in [0.1, 0.15) is 6.61 Å². The molecule has 0 spiro atoms. The SMILES string of the molecule is CCCCCCCCCCCCCCCCC(=O)O[C@H](COC(=O)CCCCC)COP(=O)(O)OCCN. The number of hydrogen-bond donors (Lipinski definition) is 2. The van der Waals surface area contributed by atoms with Gasteiger partial charge in [0.2, 0.25) is 0 Å². The summed E-state index contributed by atoms with van der Waals surface area (Å²) in [6, 6.07) is 0. The zero-order valence-electron chi connectivity index (χ0n) is 24.2. The first-order valence-corrected chi connectivity index (χ1v) is 16.5. The van der Waals surface area contributed by atoms with Crippen molar-refractivity contribution in [3.63, 3.8) is 0 Å². The zero-order chi connectivity index (χ0) is 28.3. The van der Waals surface area contributed by atoms with E-state index in [2.05, 4.69) is 6.92 Å². The van der Waals surface area contributed by atoms with Crippen LogP contribution in [0.1, 0.15) is 136 Å². The molecule has 0 aromatic rings. The van der Waals surface area contributed by atoms with Gasteiger partial charge in [-0.15, -0.1) is 0 Å². The van der Waals surface area contributed by atoms with Gasteiger partial charge in [-0.3, -0.25) is 18.6 Å². The van der Waals surface area contributed by atoms with E-state index in [-0.39, 0.29) is 32.6 Å². The Morgan fingerprint density at radius 2 is 1.13 bits per heavy atom. The standard InChI is InChI=1S/C28H56NO8P/c1-3-5-7-8-9-10-11-12-13-14-15-16-17-19-21-28(31)37-26(24-34-27(30)20-18-6-4-2)25-36-38(32,33)35-23-22-29/h26H,3-25,29H2,1-2H3,(H,32,33)/t26-/m1/s1. The molecule has 9 nitrogen and oxygen atoms in total. The summed E-state index contributed by atoms with van der Waals surface area (Å²) in [6.07, 6.45) is 19.3. The van der Waals surface area contributed by atoms with Crippen LogP contribution in [0, 0.1) is 0 Å². The van der Waals surface area contributed by atoms with Gasteiger partial charge < -0.3 is 20.1 Å². The van der Waals surface area contributed by atoms with Crippen LogP contribution in [0.4, 0.5) is 0 Å². The van der Waals surface area contributed by atoms with Crippen LogP contribution in [0.2, 0.25) is 0 Å². The number of phosphoric ester groups is 1. The lowest BCUT2D eigenvalue weighted by Gasteiger charge is -2.19. The summed E-state index contributed by atoms with van der Waals surface area (Å²) >= 11 is 0. The van der Waals surface area contributed by atoms with E-state index >= 15 is 0 Å². The highest BCUT2D eigenvalue weighted by molar-refractivity contribution is 7.47. The normalized spacial score (nSPS) is 13.7. The summed E-state index contributed by atoms with van der Waals surface area (Å²) in [6.45, 7) is 3.52. The lowest BCUT2D eigenvalue weighted by atomic mass is 10.0. The summed E-state index contributed by atoms with van der Waals surface area (Å²) in [7, 11) is -4.34. The molecule has 0 aliphatic rings. The maximum Gasteiger partial charge on any atom is 0.472 e. The molecule has 38 heavy (non-hydrogen) atoms. The molecular formula is C28H56NO8P. The van der Waals surface area contributed by atoms with Crippen molar-refractivity contribution in [2.75, 3.05) is 26.4 Å². The second kappa shape index (κ2) is 26.2. The van der Waals surface area contributed by atoms with E-state index in [1.807, 2.05) is 6.92 Å². The molecule has 0 bridgehead atoms. The van der Waals surface area contributed by atoms with E-state index in [0.29, 0.717) is 12.8 Å². The molecule has 0 rings (SSSR count). The molecule has 0 saturated heterocycles. The molecule has 1 unspecified atom stereocenters. The number of hydrogen-bond acceptors (Lipinski definition) is 8. The summed E-state index contributed by atoms with van der Waals surface area (Å²) in [4.78, 5) is 34.0. The highest BCUT2D eigenvalue weighted by atomic mass is 31.2. The molecule has 3 N–H and O–H groups in total. The molecule has 0 aliphatic heterocycles. The molecule has 0 radical (unpaired) electrons. The molecule has 0 saturated carbocycles. The predicted octanol–water partition coefficient (Wildman–Crippen LogP) is 6.99. The number of carbonyl (C=O) groups excluding carboxylic acids is 2. The molecule has 0 aromatic carbocycles. The van der Waals surface area contributed by atoms with Gasteiger partial charge in [0.25, 0.3) is 0 Å². The highest BCUT2D eigenvalue weighted by Gasteiger charge is 2.25. The van der Waals surface area contributed by atoms with Crippen LogP contribution in [0.25, 0.3) is 0 Å². The summed E-state index contributed by atoms with van der Waals surface area (Å²) in [5.41, 5.74) is 5.28. The van der Waals surface area contributed by atoms with Crippen LogP contribution in [-0.4, -0.2) is 49.3 Å². The van der Waals surface area contributed by atoms with Gasteiger partial charge in [-0.25, -0.2) is 4.57 Å². The number of unbranched alkanes of at least 4 members (excludes halogenated alkanes) is 15. The molecule has 0 amide bonds. The van der Waals surface area contributed by atoms with Gasteiger partial charge in [-0.1, -0.05) is 110 Å². The zero-order valence-corrected chi connectivity index (χ0v) is 25.1. The molecule has 2 atom stereocenters. The average molecular weight is 566 g/mol. The number of rotatable bonds is 28. The lowest BCUT2D eigenvalue weighted by molar-refractivity contribution is -0.161. The van der Waals surface area contributed by atoms with Crippen molar-refractivity contribution in [3.05, 3.63) is 0 Å². The minimum absolute atomic E-state index is 0.0564. The first kappa shape index (κ1) is 37.0. The third-order valence-corrected chi connectivity index (χ3v) is 7.23. The van der Waals surface area contributed by atoms with E-state index in [1.165, 1.54) is 70.6 Å². The van der Waals surface area contributed by atoms with Crippen LogP contribution in [0.3, 0.4) is 0 Å². The largest absolute Gasteiger partial charge is 0.472 e. The fourth-order valence-electron chi connectivity index (χ4n) is 3.98. The predicted molar refractivity (Wildman–Crippen MR) is 151 cm³/mol. The van der Waals surface area contributed by atoms with Crippen molar-refractivity contribution in [2.45, 2.75) is 142 Å². The molecule has 0 heterocycles. The molecule has 10 heteroatoms. The topological polar surface area (TPSA) is 134 Å². The monoisotopic (exact) mass is 565 g/mol. The van der Waals surface area contributed by atoms with E-state index < -0.39 is 32.5 Å². The number of esters is 2. The van der Waals surface area contributed by atoms with Crippen LogP contribution < -0.4 is 5.73 Å². The van der Waals surface area contributed by atoms with E-state index in [4.69, 9.17) is 24.3 Å². The minimum Gasteiger partial charge on any atom is -0.462 e. The Hall–Kier alpha value is -0.990. The van der Waals surface area contributed by atoms with Crippen molar-refractivity contribution < 1.29 is 37.6 Å². The van der Waals surface area contributed by atoms with Crippen LogP contribution in [0.5, 0.6) is 0 Å². The average Bonchev–Trinajstić information content (AvgIpc) is 2.89. The van der Waals surface area contributed by atoms with Gasteiger partial charge >= 0.3 is 19.8 Å². The van der Waals surface area contributed by atoms with Crippen molar-refractivity contribution in [1.29, 1.82) is 0 Å². The van der Waals surface area contributed by atoms with Crippen molar-refractivity contribution in [2.24, 2.45) is 5.73 Å². The highest BCUT2D eigenvalue weighted by Crippen LogP contribution is 2.43. The van der Waals surface area contributed by atoms with Crippen LogP contribution >= 0.6 is 7.82 Å². The second-order valence-electron chi connectivity index (χ2n) is 9.98. The maximum atomic E-state index is 12.3. The maximum absolute atomic E-state index is 12.3. The summed E-state index contributed by atoms with van der Waals surface area (Å²) in [5.74, 6) is -0.853. The first-order chi connectivity index (χ1) is 18.3. The number of phosphoric acid groups is 1. The third kappa shape index (κ3) is 25.3. The fraction of sp³-hybridized carbons (Fsp3) is 0.929. The Kier molecular flexibility index (Phi) is 25.6. The first-order valence-electron chi connectivity index (χ1n) is 15.0. The molecule has 226 valence electrons. The quantitative estimate of drug-likeness (QED) is 0.0585. The summed E-state index contributed by atoms with van der Waals surface area (Å²) < 4.78 is 32.1. The second-order valence-corrected chi connectivity index (χ2v) is 11.4. The van der Waals surface area contributed by atoms with Crippen molar-refractivity contribution in [1.82, 2.24) is 0 Å². The van der Waals surface area contributed by atoms with Gasteiger partial charge in [-0.05, 0) is 12.8 Å². The van der Waals surface area contributed by atoms with Crippen molar-refractivity contribution >= 4 is 19.8 Å². The van der Waals surface area contributed by atoms with E-state index in [9.17, 15) is 19.0 Å². The molecule has 0 aliphatic carbocycles. The number of ether oxygens (including phenoxy) is 2. The Morgan fingerprint density at radius 1 is 0.684 bits per heavy atom. The van der Waals surface area contributed by atoms with Gasteiger partial charge in [-0.2, -0.15) is 0 Å². The third-order valence-electron chi connectivity index (χ3n) is 6.24. The Morgan fingerprint density at radius 3 is 1.66 bits per heavy atom. The van der Waals surface area contributed by atoms with Gasteiger partial charge in [0.15, 0.2) is 6.10 Å². The van der Waals surface area contributed by atoms with E-state index in [0.717, 1.165) is 25.7 Å². The van der Waals surface area contributed by atoms with Gasteiger partial charge in [0.05, 0.1) is 13.2 Å². The Labute approximate surface area is 231 Å². The van der Waals surface area contributed by atoms with Crippen molar-refractivity contribution in [3.8, 4) is 0 Å². The van der Waals surface area contributed by atoms with Gasteiger partial charge in [0, 0.05) is 19.4 Å². The molecule has 0 aromatic heterocycles.